The Labute approximate surface area is 207 Å². The molecule has 0 saturated carbocycles. The molecule has 1 aromatic carbocycles. The van der Waals surface area contributed by atoms with E-state index in [4.69, 9.17) is 9.47 Å². The second-order valence-corrected chi connectivity index (χ2v) is 10.5. The highest BCUT2D eigenvalue weighted by atomic mass is 16.5. The molecular weight excluding hydrogens is 442 g/mol. The summed E-state index contributed by atoms with van der Waals surface area (Å²) in [6.45, 7) is 13.5. The normalized spacial score (nSPS) is 11.8. The highest BCUT2D eigenvalue weighted by molar-refractivity contribution is 5.92. The van der Waals surface area contributed by atoms with Gasteiger partial charge in [0.1, 0.15) is 16.9 Å². The van der Waals surface area contributed by atoms with E-state index in [1.54, 1.807) is 18.1 Å². The Hall–Kier alpha value is -3.55. The molecule has 0 saturated heterocycles. The fourth-order valence-electron chi connectivity index (χ4n) is 3.34. The molecule has 2 heterocycles. The van der Waals surface area contributed by atoms with E-state index in [-0.39, 0.29) is 11.9 Å². The van der Waals surface area contributed by atoms with Crippen LogP contribution >= 0.6 is 0 Å². The van der Waals surface area contributed by atoms with Gasteiger partial charge >= 0.3 is 6.01 Å². The Bertz CT molecular complexity index is 1170. The Morgan fingerprint density at radius 3 is 2.23 bits per heavy atom. The minimum atomic E-state index is -0.490. The van der Waals surface area contributed by atoms with Crippen LogP contribution in [0.2, 0.25) is 0 Å². The molecule has 8 nitrogen and oxygen atoms in total. The molecule has 8 heteroatoms. The van der Waals surface area contributed by atoms with Crippen molar-refractivity contribution in [1.82, 2.24) is 20.2 Å². The largest absolute Gasteiger partial charge is 0.471 e. The molecule has 0 aliphatic carbocycles. The van der Waals surface area contributed by atoms with E-state index in [0.717, 1.165) is 11.1 Å². The molecule has 0 spiro atoms. The number of carbonyl (C=O) groups is 1. The van der Waals surface area contributed by atoms with Crippen molar-refractivity contribution in [2.45, 2.75) is 72.5 Å². The predicted molar refractivity (Wildman–Crippen MR) is 137 cm³/mol. The molecule has 0 bridgehead atoms. The van der Waals surface area contributed by atoms with Crippen LogP contribution in [0.15, 0.2) is 42.6 Å². The van der Waals surface area contributed by atoms with E-state index >= 15 is 0 Å². The van der Waals surface area contributed by atoms with E-state index in [1.807, 2.05) is 84.9 Å². The smallest absolute Gasteiger partial charge is 0.320 e. The van der Waals surface area contributed by atoms with Crippen LogP contribution < -0.4 is 14.4 Å². The quantitative estimate of drug-likeness (QED) is 0.462. The topological polar surface area (TPSA) is 90.3 Å². The van der Waals surface area contributed by atoms with E-state index in [9.17, 15) is 4.79 Å². The van der Waals surface area contributed by atoms with Crippen molar-refractivity contribution >= 4 is 11.7 Å². The molecule has 1 amide bonds. The molecule has 186 valence electrons. The molecule has 0 aliphatic rings. The van der Waals surface area contributed by atoms with Crippen LogP contribution in [0.4, 0.5) is 5.82 Å². The summed E-state index contributed by atoms with van der Waals surface area (Å²) in [5.74, 6) is 0.849. The summed E-state index contributed by atoms with van der Waals surface area (Å²) in [7, 11) is 1.72. The Morgan fingerprint density at radius 1 is 0.971 bits per heavy atom. The first kappa shape index (κ1) is 26.1. The van der Waals surface area contributed by atoms with Crippen LogP contribution in [0.3, 0.4) is 0 Å². The second kappa shape index (κ2) is 10.4. The van der Waals surface area contributed by atoms with Gasteiger partial charge in [0, 0.05) is 19.7 Å². The summed E-state index contributed by atoms with van der Waals surface area (Å²) in [4.78, 5) is 23.2. The molecule has 3 aromatic rings. The zero-order chi connectivity index (χ0) is 25.8. The van der Waals surface area contributed by atoms with Gasteiger partial charge in [-0.05, 0) is 72.1 Å². The number of rotatable bonds is 7. The van der Waals surface area contributed by atoms with E-state index < -0.39 is 11.2 Å². The van der Waals surface area contributed by atoms with Crippen molar-refractivity contribution < 1.29 is 14.3 Å². The number of aromatic nitrogens is 4. The van der Waals surface area contributed by atoms with E-state index in [0.29, 0.717) is 35.8 Å². The molecular formula is C27H35N5O3. The Balaban J connectivity index is 1.85. The van der Waals surface area contributed by atoms with Gasteiger partial charge in [0.05, 0.1) is 5.56 Å². The lowest BCUT2D eigenvalue weighted by Gasteiger charge is -2.24. The number of nitrogens with zero attached hydrogens (tertiary/aromatic N) is 5. The fraction of sp³-hybridized carbons (Fsp3) is 0.444. The molecule has 0 aliphatic heterocycles. The van der Waals surface area contributed by atoms with Crippen molar-refractivity contribution in [1.29, 1.82) is 0 Å². The van der Waals surface area contributed by atoms with Gasteiger partial charge in [-0.2, -0.15) is 4.98 Å². The monoisotopic (exact) mass is 477 g/mol. The van der Waals surface area contributed by atoms with Crippen LogP contribution in [-0.2, 0) is 11.2 Å². The summed E-state index contributed by atoms with van der Waals surface area (Å²) < 4.78 is 11.9. The lowest BCUT2D eigenvalue weighted by atomic mass is 10.1. The maximum atomic E-state index is 12.8. The average Bonchev–Trinajstić information content (AvgIpc) is 2.75. The van der Waals surface area contributed by atoms with Crippen molar-refractivity contribution in [3.05, 3.63) is 53.7 Å². The number of hydrogen-bond acceptors (Lipinski definition) is 7. The minimum Gasteiger partial charge on any atom is -0.471 e. The van der Waals surface area contributed by atoms with Crippen molar-refractivity contribution in [2.75, 3.05) is 11.9 Å². The number of amides is 1. The molecule has 0 radical (unpaired) electrons. The predicted octanol–water partition coefficient (Wildman–Crippen LogP) is 5.19. The van der Waals surface area contributed by atoms with Crippen LogP contribution in [0.1, 0.15) is 59.1 Å². The third-order valence-electron chi connectivity index (χ3n) is 4.93. The standard InChI is InChI=1S/C27H35N5O3/c1-18-16-21(20-17-28-25(35-27(5,6)7)29-24(20)34-26(2,3)4)30-31-23(18)32(8)22(33)15-14-19-12-10-9-11-13-19/h9-13,16-17H,14-15H2,1-8H3. The number of benzene rings is 1. The fourth-order valence-corrected chi connectivity index (χ4v) is 3.34. The number of carbonyl (C=O) groups excluding carboxylic acids is 1. The van der Waals surface area contributed by atoms with E-state index in [1.165, 1.54) is 0 Å². The van der Waals surface area contributed by atoms with Gasteiger partial charge in [-0.3, -0.25) is 9.69 Å². The number of aryl methyl sites for hydroxylation is 2. The van der Waals surface area contributed by atoms with Gasteiger partial charge in [0.15, 0.2) is 5.82 Å². The van der Waals surface area contributed by atoms with Crippen molar-refractivity contribution in [3.63, 3.8) is 0 Å². The zero-order valence-electron chi connectivity index (χ0n) is 21.9. The molecule has 35 heavy (non-hydrogen) atoms. The molecule has 0 unspecified atom stereocenters. The maximum absolute atomic E-state index is 12.8. The first-order valence-electron chi connectivity index (χ1n) is 11.7. The van der Waals surface area contributed by atoms with Crippen molar-refractivity contribution in [3.8, 4) is 23.1 Å². The van der Waals surface area contributed by atoms with Gasteiger partial charge in [-0.25, -0.2) is 4.98 Å². The maximum Gasteiger partial charge on any atom is 0.320 e. The first-order valence-corrected chi connectivity index (χ1v) is 11.7. The first-order chi connectivity index (χ1) is 16.3. The van der Waals surface area contributed by atoms with E-state index in [2.05, 4.69) is 20.2 Å². The highest BCUT2D eigenvalue weighted by Crippen LogP contribution is 2.32. The molecule has 0 fully saturated rings. The Kier molecular flexibility index (Phi) is 7.73. The number of ether oxygens (including phenoxy) is 2. The average molecular weight is 478 g/mol. The molecule has 2 aromatic heterocycles. The van der Waals surface area contributed by atoms with Gasteiger partial charge in [-0.15, -0.1) is 10.2 Å². The molecule has 0 atom stereocenters. The van der Waals surface area contributed by atoms with Gasteiger partial charge < -0.3 is 9.47 Å². The molecule has 0 N–H and O–H groups in total. The molecule has 3 rings (SSSR count). The van der Waals surface area contributed by atoms with Crippen LogP contribution in [0, 0.1) is 6.92 Å². The van der Waals surface area contributed by atoms with Crippen LogP contribution in [-0.4, -0.2) is 44.3 Å². The summed E-state index contributed by atoms with van der Waals surface area (Å²) in [6.07, 6.45) is 2.69. The number of hydrogen-bond donors (Lipinski definition) is 0. The van der Waals surface area contributed by atoms with Crippen LogP contribution in [0.5, 0.6) is 11.9 Å². The third-order valence-corrected chi connectivity index (χ3v) is 4.93. The minimum absolute atomic E-state index is 0.0252. The van der Waals surface area contributed by atoms with Crippen LogP contribution in [0.25, 0.3) is 11.3 Å². The summed E-state index contributed by atoms with van der Waals surface area (Å²) in [5.41, 5.74) is 2.14. The summed E-state index contributed by atoms with van der Waals surface area (Å²) in [6, 6.07) is 12.0. The second-order valence-electron chi connectivity index (χ2n) is 10.5. The third kappa shape index (κ3) is 7.47. The lowest BCUT2D eigenvalue weighted by molar-refractivity contribution is -0.118. The van der Waals surface area contributed by atoms with Gasteiger partial charge in [0.25, 0.3) is 0 Å². The van der Waals surface area contributed by atoms with Gasteiger partial charge in [-0.1, -0.05) is 30.3 Å². The lowest BCUT2D eigenvalue weighted by Crippen LogP contribution is -2.28. The summed E-state index contributed by atoms with van der Waals surface area (Å²) >= 11 is 0. The number of anilines is 1. The zero-order valence-corrected chi connectivity index (χ0v) is 21.9. The Morgan fingerprint density at radius 2 is 1.63 bits per heavy atom. The van der Waals surface area contributed by atoms with Gasteiger partial charge in [0.2, 0.25) is 11.8 Å². The highest BCUT2D eigenvalue weighted by Gasteiger charge is 2.23. The summed E-state index contributed by atoms with van der Waals surface area (Å²) in [5, 5.41) is 8.74. The van der Waals surface area contributed by atoms with Crippen molar-refractivity contribution in [2.24, 2.45) is 0 Å². The SMILES string of the molecule is Cc1cc(-c2cnc(OC(C)(C)C)nc2OC(C)(C)C)nnc1N(C)C(=O)CCc1ccccc1.